The van der Waals surface area contributed by atoms with Gasteiger partial charge in [-0.25, -0.2) is 0 Å². The fourth-order valence-electron chi connectivity index (χ4n) is 2.89. The van der Waals surface area contributed by atoms with Crippen LogP contribution in [0, 0.1) is 6.92 Å². The van der Waals surface area contributed by atoms with E-state index in [9.17, 15) is 4.79 Å². The number of benzene rings is 3. The Morgan fingerprint density at radius 2 is 1.80 bits per heavy atom. The van der Waals surface area contributed by atoms with Gasteiger partial charge in [0.25, 0.3) is 5.91 Å². The highest BCUT2D eigenvalue weighted by Gasteiger charge is 2.03. The number of carbonyl (C=O) groups excluding carboxylic acids is 1. The molecule has 3 aromatic rings. The molecule has 154 valence electrons. The minimum atomic E-state index is -0.136. The van der Waals surface area contributed by atoms with Crippen molar-refractivity contribution in [3.05, 3.63) is 89.5 Å². The Labute approximate surface area is 177 Å². The summed E-state index contributed by atoms with van der Waals surface area (Å²) in [5.41, 5.74) is 4.02. The average Bonchev–Trinajstić information content (AvgIpc) is 2.78. The topological polar surface area (TPSA) is 59.9 Å². The summed E-state index contributed by atoms with van der Waals surface area (Å²) in [4.78, 5) is 16.5. The minimum absolute atomic E-state index is 0.0112. The van der Waals surface area contributed by atoms with Gasteiger partial charge in [0.05, 0.1) is 7.11 Å². The summed E-state index contributed by atoms with van der Waals surface area (Å²) in [7, 11) is 1.63. The Bertz CT molecular complexity index is 983. The summed E-state index contributed by atoms with van der Waals surface area (Å²) in [5.74, 6) is 1.23. The van der Waals surface area contributed by atoms with Gasteiger partial charge in [-0.2, -0.15) is 0 Å². The van der Waals surface area contributed by atoms with Crippen LogP contribution in [0.1, 0.15) is 16.7 Å². The van der Waals surface area contributed by atoms with E-state index in [1.165, 1.54) is 5.56 Å². The first-order chi connectivity index (χ1) is 14.6. The highest BCUT2D eigenvalue weighted by molar-refractivity contribution is 5.83. The van der Waals surface area contributed by atoms with E-state index in [0.717, 1.165) is 29.0 Å². The van der Waals surface area contributed by atoms with E-state index in [1.807, 2.05) is 79.7 Å². The van der Waals surface area contributed by atoms with E-state index >= 15 is 0 Å². The second-order valence-electron chi connectivity index (χ2n) is 6.88. The van der Waals surface area contributed by atoms with Crippen molar-refractivity contribution in [2.75, 3.05) is 20.3 Å². The van der Waals surface area contributed by atoms with Gasteiger partial charge in [0.15, 0.2) is 6.61 Å². The first-order valence-electron chi connectivity index (χ1n) is 9.86. The van der Waals surface area contributed by atoms with Crippen LogP contribution in [0.4, 0.5) is 5.69 Å². The summed E-state index contributed by atoms with van der Waals surface area (Å²) < 4.78 is 10.9. The molecule has 5 nitrogen and oxygen atoms in total. The van der Waals surface area contributed by atoms with Gasteiger partial charge in [-0.05, 0) is 66.4 Å². The lowest BCUT2D eigenvalue weighted by Gasteiger charge is -2.08. The largest absolute Gasteiger partial charge is 0.494 e. The van der Waals surface area contributed by atoms with Gasteiger partial charge in [0.2, 0.25) is 0 Å². The van der Waals surface area contributed by atoms with E-state index in [1.54, 1.807) is 13.3 Å². The second-order valence-corrected chi connectivity index (χ2v) is 6.88. The van der Waals surface area contributed by atoms with Gasteiger partial charge in [0.1, 0.15) is 17.2 Å². The van der Waals surface area contributed by atoms with Crippen LogP contribution < -0.4 is 14.8 Å². The van der Waals surface area contributed by atoms with Crippen LogP contribution in [0.2, 0.25) is 0 Å². The lowest BCUT2D eigenvalue weighted by atomic mass is 10.1. The number of methoxy groups -OCH3 is 1. The first kappa shape index (κ1) is 21.1. The monoisotopic (exact) mass is 402 g/mol. The van der Waals surface area contributed by atoms with E-state index in [2.05, 4.69) is 10.3 Å². The molecular formula is C25H26N2O3. The van der Waals surface area contributed by atoms with Crippen LogP contribution in [0.5, 0.6) is 11.5 Å². The molecular weight excluding hydrogens is 376 g/mol. The molecule has 5 heteroatoms. The fraction of sp³-hybridized carbons (Fsp3) is 0.200. The predicted molar refractivity (Wildman–Crippen MR) is 120 cm³/mol. The van der Waals surface area contributed by atoms with E-state index in [-0.39, 0.29) is 12.5 Å². The van der Waals surface area contributed by atoms with Gasteiger partial charge in [-0.1, -0.05) is 36.4 Å². The van der Waals surface area contributed by atoms with Gasteiger partial charge in [0, 0.05) is 12.8 Å². The van der Waals surface area contributed by atoms with Crippen molar-refractivity contribution in [3.8, 4) is 11.5 Å². The first-order valence-corrected chi connectivity index (χ1v) is 9.86. The molecule has 0 bridgehead atoms. The summed E-state index contributed by atoms with van der Waals surface area (Å²) in [6, 6.07) is 23.4. The Morgan fingerprint density at radius 3 is 2.53 bits per heavy atom. The van der Waals surface area contributed by atoms with Crippen LogP contribution in [-0.4, -0.2) is 32.4 Å². The number of ether oxygens (including phenoxy) is 2. The Morgan fingerprint density at radius 1 is 1.03 bits per heavy atom. The molecule has 0 heterocycles. The van der Waals surface area contributed by atoms with Crippen molar-refractivity contribution in [2.45, 2.75) is 13.3 Å². The lowest BCUT2D eigenvalue weighted by molar-refractivity contribution is -0.123. The van der Waals surface area contributed by atoms with Crippen LogP contribution in [0.25, 0.3) is 0 Å². The molecule has 0 atom stereocenters. The molecule has 30 heavy (non-hydrogen) atoms. The standard InChI is InChI=1S/C25H26N2O3/c1-19-8-13-24(29-2)23(16-19)27-17-21-9-11-22(12-10-21)30-18-25(28)26-15-14-20-6-4-3-5-7-20/h3-13,16-17H,14-15,18H2,1-2H3,(H,26,28). The molecule has 0 saturated carbocycles. The maximum atomic E-state index is 12.0. The van der Waals surface area contributed by atoms with Crippen LogP contribution in [-0.2, 0) is 11.2 Å². The van der Waals surface area contributed by atoms with Crippen molar-refractivity contribution in [1.82, 2.24) is 5.32 Å². The quantitative estimate of drug-likeness (QED) is 0.537. The zero-order valence-corrected chi connectivity index (χ0v) is 17.3. The Hall–Kier alpha value is -3.60. The molecule has 0 fully saturated rings. The van der Waals surface area contributed by atoms with Crippen molar-refractivity contribution in [2.24, 2.45) is 4.99 Å². The molecule has 0 saturated heterocycles. The predicted octanol–water partition coefficient (Wildman–Crippen LogP) is 4.49. The van der Waals surface area contributed by atoms with Crippen LogP contribution in [0.3, 0.4) is 0 Å². The minimum Gasteiger partial charge on any atom is -0.494 e. The molecule has 0 aliphatic carbocycles. The van der Waals surface area contributed by atoms with Crippen LogP contribution >= 0.6 is 0 Å². The van der Waals surface area contributed by atoms with Gasteiger partial charge < -0.3 is 14.8 Å². The number of carbonyl (C=O) groups is 1. The SMILES string of the molecule is COc1ccc(C)cc1N=Cc1ccc(OCC(=O)NCCc2ccccc2)cc1. The smallest absolute Gasteiger partial charge is 0.257 e. The number of nitrogens with one attached hydrogen (secondary N) is 1. The fourth-order valence-corrected chi connectivity index (χ4v) is 2.89. The number of nitrogens with zero attached hydrogens (tertiary/aromatic N) is 1. The van der Waals surface area contributed by atoms with Crippen molar-refractivity contribution in [3.63, 3.8) is 0 Å². The molecule has 0 spiro atoms. The van der Waals surface area contributed by atoms with Gasteiger partial charge >= 0.3 is 0 Å². The van der Waals surface area contributed by atoms with Crippen molar-refractivity contribution in [1.29, 1.82) is 0 Å². The maximum absolute atomic E-state index is 12.0. The van der Waals surface area contributed by atoms with E-state index < -0.39 is 0 Å². The zero-order valence-electron chi connectivity index (χ0n) is 17.3. The number of aryl methyl sites for hydroxylation is 1. The third kappa shape index (κ3) is 6.48. The van der Waals surface area contributed by atoms with Crippen molar-refractivity contribution >= 4 is 17.8 Å². The number of rotatable bonds is 9. The molecule has 0 aliphatic rings. The summed E-state index contributed by atoms with van der Waals surface area (Å²) >= 11 is 0. The normalized spacial score (nSPS) is 10.7. The summed E-state index contributed by atoms with van der Waals surface area (Å²) in [5, 5.41) is 2.87. The van der Waals surface area contributed by atoms with Gasteiger partial charge in [-0.3, -0.25) is 9.79 Å². The molecule has 0 unspecified atom stereocenters. The number of hydrogen-bond donors (Lipinski definition) is 1. The third-order valence-electron chi connectivity index (χ3n) is 4.52. The molecule has 0 radical (unpaired) electrons. The van der Waals surface area contributed by atoms with Gasteiger partial charge in [-0.15, -0.1) is 0 Å². The van der Waals surface area contributed by atoms with Crippen molar-refractivity contribution < 1.29 is 14.3 Å². The maximum Gasteiger partial charge on any atom is 0.257 e. The summed E-state index contributed by atoms with van der Waals surface area (Å²) in [6.45, 7) is 2.59. The van der Waals surface area contributed by atoms with Crippen LogP contribution in [0.15, 0.2) is 77.8 Å². The molecule has 0 aliphatic heterocycles. The Kier molecular flexibility index (Phi) is 7.61. The Balaban J connectivity index is 1.46. The highest BCUT2D eigenvalue weighted by atomic mass is 16.5. The molecule has 1 amide bonds. The average molecular weight is 402 g/mol. The lowest BCUT2D eigenvalue weighted by Crippen LogP contribution is -2.30. The van der Waals surface area contributed by atoms with E-state index in [0.29, 0.717) is 12.3 Å². The zero-order chi connectivity index (χ0) is 21.2. The summed E-state index contributed by atoms with van der Waals surface area (Å²) in [6.07, 6.45) is 2.57. The molecule has 3 rings (SSSR count). The number of aliphatic imine (C=N–C) groups is 1. The molecule has 1 N–H and O–H groups in total. The second kappa shape index (κ2) is 10.8. The number of hydrogen-bond acceptors (Lipinski definition) is 4. The molecule has 3 aromatic carbocycles. The van der Waals surface area contributed by atoms with E-state index in [4.69, 9.17) is 9.47 Å². The number of amides is 1. The third-order valence-corrected chi connectivity index (χ3v) is 4.52. The molecule has 0 aromatic heterocycles. The highest BCUT2D eigenvalue weighted by Crippen LogP contribution is 2.28.